The van der Waals surface area contributed by atoms with Crippen LogP contribution in [0.4, 0.5) is 11.4 Å². The second-order valence-corrected chi connectivity index (χ2v) is 7.44. The van der Waals surface area contributed by atoms with Crippen molar-refractivity contribution < 1.29 is 19.1 Å². The highest BCUT2D eigenvalue weighted by Gasteiger charge is 2.24. The van der Waals surface area contributed by atoms with Gasteiger partial charge in [-0.3, -0.25) is 9.59 Å². The fraction of sp³-hybridized carbons (Fsp3) is 0.280. The average molecular weight is 418 g/mol. The summed E-state index contributed by atoms with van der Waals surface area (Å²) in [6.45, 7) is 3.00. The van der Waals surface area contributed by atoms with Crippen molar-refractivity contribution >= 4 is 34.0 Å². The summed E-state index contributed by atoms with van der Waals surface area (Å²) in [4.78, 5) is 27.5. The van der Waals surface area contributed by atoms with E-state index >= 15 is 0 Å². The van der Waals surface area contributed by atoms with Crippen LogP contribution in [0.5, 0.6) is 11.5 Å². The normalized spacial score (nSPS) is 13.9. The SMILES string of the molecule is CCOc1ccc2ccccc2c1C(=O)Nc1ccc(OC)c(N2CCCCC2=O)c1. The number of anilines is 2. The maximum Gasteiger partial charge on any atom is 0.260 e. The fourth-order valence-corrected chi connectivity index (χ4v) is 3.99. The Hall–Kier alpha value is -3.54. The number of hydrogen-bond acceptors (Lipinski definition) is 4. The second kappa shape index (κ2) is 9.08. The second-order valence-electron chi connectivity index (χ2n) is 7.44. The molecule has 2 amide bonds. The maximum absolute atomic E-state index is 13.3. The molecule has 1 aliphatic rings. The van der Waals surface area contributed by atoms with E-state index < -0.39 is 0 Å². The molecular formula is C25H26N2O4. The lowest BCUT2D eigenvalue weighted by atomic mass is 10.0. The predicted octanol–water partition coefficient (Wildman–Crippen LogP) is 5.02. The summed E-state index contributed by atoms with van der Waals surface area (Å²) < 4.78 is 11.2. The molecule has 0 saturated carbocycles. The van der Waals surface area contributed by atoms with Crippen LogP contribution < -0.4 is 19.7 Å². The minimum atomic E-state index is -0.263. The lowest BCUT2D eigenvalue weighted by molar-refractivity contribution is -0.119. The van der Waals surface area contributed by atoms with Gasteiger partial charge in [0.2, 0.25) is 5.91 Å². The van der Waals surface area contributed by atoms with Crippen LogP contribution in [0.15, 0.2) is 54.6 Å². The summed E-state index contributed by atoms with van der Waals surface area (Å²) in [6, 6.07) is 16.9. The molecule has 31 heavy (non-hydrogen) atoms. The number of carbonyl (C=O) groups excluding carboxylic acids is 2. The standard InChI is InChI=1S/C25H26N2O4/c1-3-31-22-13-11-17-8-4-5-9-19(17)24(22)25(29)26-18-12-14-21(30-2)20(16-18)27-15-7-6-10-23(27)28/h4-5,8-9,11-14,16H,3,6-7,10,15H2,1-2H3,(H,26,29). The van der Waals surface area contributed by atoms with Gasteiger partial charge in [0, 0.05) is 18.7 Å². The van der Waals surface area contributed by atoms with Crippen LogP contribution in [-0.4, -0.2) is 32.1 Å². The van der Waals surface area contributed by atoms with Gasteiger partial charge in [0.25, 0.3) is 5.91 Å². The van der Waals surface area contributed by atoms with Crippen LogP contribution in [-0.2, 0) is 4.79 Å². The Morgan fingerprint density at radius 1 is 1.06 bits per heavy atom. The molecule has 3 aromatic carbocycles. The molecule has 0 aromatic heterocycles. The molecule has 160 valence electrons. The van der Waals surface area contributed by atoms with Gasteiger partial charge in [-0.05, 0) is 54.8 Å². The number of nitrogens with zero attached hydrogens (tertiary/aromatic N) is 1. The van der Waals surface area contributed by atoms with Crippen molar-refractivity contribution in [3.05, 3.63) is 60.2 Å². The number of methoxy groups -OCH3 is 1. The average Bonchev–Trinajstić information content (AvgIpc) is 2.79. The van der Waals surface area contributed by atoms with Gasteiger partial charge in [-0.2, -0.15) is 0 Å². The van der Waals surface area contributed by atoms with E-state index in [-0.39, 0.29) is 11.8 Å². The van der Waals surface area contributed by atoms with Crippen LogP contribution in [0.25, 0.3) is 10.8 Å². The highest BCUT2D eigenvalue weighted by molar-refractivity contribution is 6.15. The van der Waals surface area contributed by atoms with Gasteiger partial charge in [0.15, 0.2) is 0 Å². The first-order chi connectivity index (χ1) is 15.1. The molecule has 0 bridgehead atoms. The summed E-state index contributed by atoms with van der Waals surface area (Å²) in [6.07, 6.45) is 2.36. The summed E-state index contributed by atoms with van der Waals surface area (Å²) in [5, 5.41) is 4.77. The monoisotopic (exact) mass is 418 g/mol. The van der Waals surface area contributed by atoms with Crippen molar-refractivity contribution in [1.29, 1.82) is 0 Å². The first-order valence-corrected chi connectivity index (χ1v) is 10.6. The fourth-order valence-electron chi connectivity index (χ4n) is 3.99. The van der Waals surface area contributed by atoms with E-state index in [1.807, 2.05) is 43.3 Å². The molecular weight excluding hydrogens is 392 g/mol. The Labute approximate surface area is 181 Å². The topological polar surface area (TPSA) is 67.9 Å². The summed E-state index contributed by atoms with van der Waals surface area (Å²) in [7, 11) is 1.58. The summed E-state index contributed by atoms with van der Waals surface area (Å²) in [5.74, 6) is 0.953. The van der Waals surface area contributed by atoms with Gasteiger partial charge < -0.3 is 19.7 Å². The van der Waals surface area contributed by atoms with Crippen LogP contribution in [0.3, 0.4) is 0 Å². The third kappa shape index (κ3) is 4.19. The number of ether oxygens (including phenoxy) is 2. The number of rotatable bonds is 6. The predicted molar refractivity (Wildman–Crippen MR) is 122 cm³/mol. The zero-order chi connectivity index (χ0) is 21.8. The molecule has 0 spiro atoms. The summed E-state index contributed by atoms with van der Waals surface area (Å²) in [5.41, 5.74) is 1.76. The molecule has 0 aliphatic carbocycles. The van der Waals surface area contributed by atoms with E-state index in [2.05, 4.69) is 5.32 Å². The van der Waals surface area contributed by atoms with E-state index in [4.69, 9.17) is 9.47 Å². The van der Waals surface area contributed by atoms with Gasteiger partial charge in [-0.15, -0.1) is 0 Å². The van der Waals surface area contributed by atoms with E-state index in [9.17, 15) is 9.59 Å². The Balaban J connectivity index is 1.70. The van der Waals surface area contributed by atoms with Crippen molar-refractivity contribution in [2.45, 2.75) is 26.2 Å². The van der Waals surface area contributed by atoms with Gasteiger partial charge in [-0.25, -0.2) is 0 Å². The minimum Gasteiger partial charge on any atom is -0.495 e. The first-order valence-electron chi connectivity index (χ1n) is 10.6. The molecule has 4 rings (SSSR count). The van der Waals surface area contributed by atoms with Gasteiger partial charge in [-0.1, -0.05) is 30.3 Å². The third-order valence-electron chi connectivity index (χ3n) is 5.47. The molecule has 0 atom stereocenters. The zero-order valence-electron chi connectivity index (χ0n) is 17.8. The van der Waals surface area contributed by atoms with Crippen molar-refractivity contribution in [3.63, 3.8) is 0 Å². The number of amides is 2. The van der Waals surface area contributed by atoms with E-state index in [0.717, 1.165) is 23.6 Å². The van der Waals surface area contributed by atoms with E-state index in [1.165, 1.54) is 0 Å². The number of hydrogen-bond donors (Lipinski definition) is 1. The first kappa shape index (κ1) is 20.7. The highest BCUT2D eigenvalue weighted by atomic mass is 16.5. The molecule has 1 saturated heterocycles. The zero-order valence-corrected chi connectivity index (χ0v) is 17.8. The number of carbonyl (C=O) groups is 2. The quantitative estimate of drug-likeness (QED) is 0.611. The third-order valence-corrected chi connectivity index (χ3v) is 5.47. The van der Waals surface area contributed by atoms with Crippen molar-refractivity contribution in [2.24, 2.45) is 0 Å². The van der Waals surface area contributed by atoms with E-state index in [1.54, 1.807) is 30.2 Å². The molecule has 3 aromatic rings. The number of piperidine rings is 1. The molecule has 1 N–H and O–H groups in total. The lowest BCUT2D eigenvalue weighted by Gasteiger charge is -2.28. The maximum atomic E-state index is 13.3. The summed E-state index contributed by atoms with van der Waals surface area (Å²) >= 11 is 0. The molecule has 6 heteroatoms. The highest BCUT2D eigenvalue weighted by Crippen LogP contribution is 2.35. The Morgan fingerprint density at radius 2 is 1.87 bits per heavy atom. The Morgan fingerprint density at radius 3 is 2.65 bits per heavy atom. The van der Waals surface area contributed by atoms with Crippen LogP contribution in [0.1, 0.15) is 36.5 Å². The van der Waals surface area contributed by atoms with Crippen molar-refractivity contribution in [1.82, 2.24) is 0 Å². The Kier molecular flexibility index (Phi) is 6.07. The minimum absolute atomic E-state index is 0.0701. The number of fused-ring (bicyclic) bond motifs is 1. The van der Waals surface area contributed by atoms with Crippen LogP contribution in [0.2, 0.25) is 0 Å². The van der Waals surface area contributed by atoms with E-state index in [0.29, 0.717) is 48.0 Å². The lowest BCUT2D eigenvalue weighted by Crippen LogP contribution is -2.35. The molecule has 1 heterocycles. The molecule has 1 fully saturated rings. The smallest absolute Gasteiger partial charge is 0.260 e. The molecule has 0 unspecified atom stereocenters. The van der Waals surface area contributed by atoms with Gasteiger partial charge in [0.1, 0.15) is 11.5 Å². The van der Waals surface area contributed by atoms with Crippen LogP contribution in [0, 0.1) is 0 Å². The van der Waals surface area contributed by atoms with Gasteiger partial charge in [0.05, 0.1) is 25.0 Å². The molecule has 1 aliphatic heterocycles. The number of benzene rings is 3. The largest absolute Gasteiger partial charge is 0.495 e. The van der Waals surface area contributed by atoms with Crippen LogP contribution >= 0.6 is 0 Å². The van der Waals surface area contributed by atoms with Crippen molar-refractivity contribution in [3.8, 4) is 11.5 Å². The number of nitrogens with one attached hydrogen (secondary N) is 1. The van der Waals surface area contributed by atoms with Gasteiger partial charge >= 0.3 is 0 Å². The molecule has 0 radical (unpaired) electrons. The molecule has 6 nitrogen and oxygen atoms in total. The Bertz CT molecular complexity index is 1130. The van der Waals surface area contributed by atoms with Crippen molar-refractivity contribution in [2.75, 3.05) is 30.5 Å².